The summed E-state index contributed by atoms with van der Waals surface area (Å²) in [5.41, 5.74) is 2.37. The Morgan fingerprint density at radius 1 is 1.03 bits per heavy atom. The van der Waals surface area contributed by atoms with Gasteiger partial charge in [0, 0.05) is 24.7 Å². The molecule has 3 aromatic carbocycles. The van der Waals surface area contributed by atoms with E-state index in [9.17, 15) is 23.6 Å². The van der Waals surface area contributed by atoms with Crippen LogP contribution in [0.5, 0.6) is 11.5 Å². The Kier molecular flexibility index (Phi) is 8.35. The van der Waals surface area contributed by atoms with E-state index in [1.165, 1.54) is 32.2 Å². The minimum atomic E-state index is -0.808. The van der Waals surface area contributed by atoms with Crippen LogP contribution >= 0.6 is 0 Å². The number of rotatable bonds is 9. The molecule has 10 heteroatoms. The van der Waals surface area contributed by atoms with Gasteiger partial charge in [-0.05, 0) is 72.2 Å². The molecule has 0 atom stereocenters. The van der Waals surface area contributed by atoms with E-state index in [0.717, 1.165) is 10.5 Å². The van der Waals surface area contributed by atoms with E-state index in [4.69, 9.17) is 9.47 Å². The Hall–Kier alpha value is -4.99. The molecule has 4 rings (SSSR count). The van der Waals surface area contributed by atoms with Gasteiger partial charge in [0.25, 0.3) is 11.8 Å². The Labute approximate surface area is 224 Å². The maximum Gasteiger partial charge on any atom is 0.331 e. The summed E-state index contributed by atoms with van der Waals surface area (Å²) in [6, 6.07) is 16.9. The Bertz CT molecular complexity index is 1430. The molecule has 39 heavy (non-hydrogen) atoms. The number of nitrogens with one attached hydrogen (secondary N) is 2. The van der Waals surface area contributed by atoms with Gasteiger partial charge < -0.3 is 14.8 Å². The molecule has 5 amide bonds. The van der Waals surface area contributed by atoms with E-state index in [0.29, 0.717) is 34.7 Å². The normalized spacial score (nSPS) is 14.3. The van der Waals surface area contributed by atoms with Gasteiger partial charge in [0.15, 0.2) is 0 Å². The lowest BCUT2D eigenvalue weighted by molar-refractivity contribution is -0.130. The van der Waals surface area contributed by atoms with Crippen molar-refractivity contribution in [2.24, 2.45) is 0 Å². The number of methoxy groups -OCH3 is 1. The molecule has 1 saturated heterocycles. The van der Waals surface area contributed by atoms with Crippen molar-refractivity contribution >= 4 is 35.5 Å². The Morgan fingerprint density at radius 3 is 2.41 bits per heavy atom. The van der Waals surface area contributed by atoms with Gasteiger partial charge in [0.05, 0.1) is 7.11 Å². The fraction of sp³-hybridized carbons (Fsp3) is 0.172. The predicted molar refractivity (Wildman–Crippen MR) is 141 cm³/mol. The van der Waals surface area contributed by atoms with Crippen LogP contribution in [0, 0.1) is 5.82 Å². The molecule has 0 bridgehead atoms. The third-order valence-electron chi connectivity index (χ3n) is 5.91. The van der Waals surface area contributed by atoms with Gasteiger partial charge in [-0.15, -0.1) is 0 Å². The number of hydrogen-bond acceptors (Lipinski definition) is 6. The highest BCUT2D eigenvalue weighted by molar-refractivity contribution is 6.31. The largest absolute Gasteiger partial charge is 0.496 e. The lowest BCUT2D eigenvalue weighted by Gasteiger charge is -2.26. The van der Waals surface area contributed by atoms with Gasteiger partial charge in [-0.1, -0.05) is 18.2 Å². The van der Waals surface area contributed by atoms with Gasteiger partial charge in [-0.2, -0.15) is 0 Å². The summed E-state index contributed by atoms with van der Waals surface area (Å²) in [4.78, 5) is 50.1. The Balaban J connectivity index is 1.49. The fourth-order valence-corrected chi connectivity index (χ4v) is 3.96. The first-order valence-corrected chi connectivity index (χ1v) is 12.0. The molecule has 0 unspecified atom stereocenters. The molecule has 9 nitrogen and oxygen atoms in total. The zero-order chi connectivity index (χ0) is 27.9. The van der Waals surface area contributed by atoms with Crippen molar-refractivity contribution in [3.8, 4) is 11.5 Å². The van der Waals surface area contributed by atoms with Gasteiger partial charge in [-0.3, -0.25) is 24.6 Å². The molecule has 1 aliphatic rings. The second kappa shape index (κ2) is 12.0. The lowest BCUT2D eigenvalue weighted by Crippen LogP contribution is -2.54. The summed E-state index contributed by atoms with van der Waals surface area (Å²) < 4.78 is 24.5. The molecule has 3 aromatic rings. The zero-order valence-corrected chi connectivity index (χ0v) is 21.3. The third-order valence-corrected chi connectivity index (χ3v) is 5.91. The van der Waals surface area contributed by atoms with Gasteiger partial charge in [-0.25, -0.2) is 9.18 Å². The molecule has 0 aromatic heterocycles. The molecule has 0 saturated carbocycles. The molecular weight excluding hydrogens is 505 g/mol. The van der Waals surface area contributed by atoms with Crippen molar-refractivity contribution in [3.63, 3.8) is 0 Å². The first-order valence-electron chi connectivity index (χ1n) is 12.0. The summed E-state index contributed by atoms with van der Waals surface area (Å²) in [7, 11) is 1.52. The number of carbonyl (C=O) groups is 4. The van der Waals surface area contributed by atoms with E-state index in [2.05, 4.69) is 10.6 Å². The minimum Gasteiger partial charge on any atom is -0.496 e. The number of ether oxygens (including phenoxy) is 2. The van der Waals surface area contributed by atoms with Crippen molar-refractivity contribution < 1.29 is 33.0 Å². The standard InChI is InChI=1S/C29H26FN3O6/c1-18(34)31-23-8-10-24(11-9-23)39-17-21-15-20(5-12-26(21)38-2)16-25-27(35)32-29(37)33(28(25)36)14-13-19-3-6-22(30)7-4-19/h3-12,15-16H,13-14,17H2,1-2H3,(H,31,34)(H,32,35,37)/b25-16-. The second-order valence-electron chi connectivity index (χ2n) is 8.72. The fourth-order valence-electron chi connectivity index (χ4n) is 3.96. The number of hydrogen-bond donors (Lipinski definition) is 2. The number of urea groups is 1. The Morgan fingerprint density at radius 2 is 1.74 bits per heavy atom. The molecule has 0 aliphatic carbocycles. The summed E-state index contributed by atoms with van der Waals surface area (Å²) >= 11 is 0. The minimum absolute atomic E-state index is 0.0172. The molecule has 1 fully saturated rings. The van der Waals surface area contributed by atoms with Crippen LogP contribution in [0.15, 0.2) is 72.3 Å². The van der Waals surface area contributed by atoms with E-state index < -0.39 is 17.8 Å². The van der Waals surface area contributed by atoms with E-state index >= 15 is 0 Å². The van der Waals surface area contributed by atoms with E-state index in [1.54, 1.807) is 54.6 Å². The summed E-state index contributed by atoms with van der Waals surface area (Å²) in [5.74, 6) is -0.973. The van der Waals surface area contributed by atoms with E-state index in [1.807, 2.05) is 0 Å². The highest BCUT2D eigenvalue weighted by Crippen LogP contribution is 2.25. The summed E-state index contributed by atoms with van der Waals surface area (Å²) in [6.07, 6.45) is 1.71. The number of anilines is 1. The molecule has 1 heterocycles. The van der Waals surface area contributed by atoms with Crippen molar-refractivity contribution in [1.29, 1.82) is 0 Å². The van der Waals surface area contributed by atoms with Crippen LogP contribution in [-0.4, -0.2) is 42.3 Å². The predicted octanol–water partition coefficient (Wildman–Crippen LogP) is 4.08. The monoisotopic (exact) mass is 531 g/mol. The number of halogens is 1. The van der Waals surface area contributed by atoms with Crippen LogP contribution in [0.25, 0.3) is 6.08 Å². The summed E-state index contributed by atoms with van der Waals surface area (Å²) in [5, 5.41) is 4.88. The number of amides is 5. The lowest BCUT2D eigenvalue weighted by atomic mass is 10.0. The second-order valence-corrected chi connectivity index (χ2v) is 8.72. The molecule has 200 valence electrons. The van der Waals surface area contributed by atoms with Crippen molar-refractivity contribution in [3.05, 3.63) is 94.8 Å². The first kappa shape index (κ1) is 27.1. The average molecular weight is 532 g/mol. The summed E-state index contributed by atoms with van der Waals surface area (Å²) in [6.45, 7) is 1.57. The van der Waals surface area contributed by atoms with Crippen molar-refractivity contribution in [1.82, 2.24) is 10.2 Å². The number of imide groups is 2. The molecular formula is C29H26FN3O6. The van der Waals surface area contributed by atoms with E-state index in [-0.39, 0.29) is 30.4 Å². The highest BCUT2D eigenvalue weighted by Gasteiger charge is 2.35. The van der Waals surface area contributed by atoms with Crippen LogP contribution in [0.1, 0.15) is 23.6 Å². The number of barbiturate groups is 1. The number of benzene rings is 3. The average Bonchev–Trinajstić information content (AvgIpc) is 2.91. The van der Waals surface area contributed by atoms with Crippen LogP contribution < -0.4 is 20.1 Å². The van der Waals surface area contributed by atoms with Gasteiger partial charge >= 0.3 is 6.03 Å². The van der Waals surface area contributed by atoms with Crippen LogP contribution in [0.3, 0.4) is 0 Å². The molecule has 2 N–H and O–H groups in total. The van der Waals surface area contributed by atoms with Crippen LogP contribution in [-0.2, 0) is 27.4 Å². The number of nitrogens with zero attached hydrogens (tertiary/aromatic N) is 1. The van der Waals surface area contributed by atoms with Gasteiger partial charge in [0.1, 0.15) is 29.5 Å². The molecule has 0 radical (unpaired) electrons. The van der Waals surface area contributed by atoms with Crippen LogP contribution in [0.2, 0.25) is 0 Å². The topological polar surface area (TPSA) is 114 Å². The SMILES string of the molecule is COc1ccc(/C=C2/C(=O)NC(=O)N(CCc3ccc(F)cc3)C2=O)cc1COc1ccc(NC(C)=O)cc1. The maximum atomic E-state index is 13.2. The number of carbonyl (C=O) groups excluding carboxylic acids is 4. The molecule has 1 aliphatic heterocycles. The first-order chi connectivity index (χ1) is 18.7. The third kappa shape index (κ3) is 6.86. The maximum absolute atomic E-state index is 13.2. The van der Waals surface area contributed by atoms with Crippen molar-refractivity contribution in [2.75, 3.05) is 19.0 Å². The smallest absolute Gasteiger partial charge is 0.331 e. The highest BCUT2D eigenvalue weighted by atomic mass is 19.1. The van der Waals surface area contributed by atoms with Crippen molar-refractivity contribution in [2.45, 2.75) is 20.0 Å². The quantitative estimate of drug-likeness (QED) is 0.318. The van der Waals surface area contributed by atoms with Crippen LogP contribution in [0.4, 0.5) is 14.9 Å². The van der Waals surface area contributed by atoms with Gasteiger partial charge in [0.2, 0.25) is 5.91 Å². The zero-order valence-electron chi connectivity index (χ0n) is 21.3. The molecule has 0 spiro atoms.